The average Bonchev–Trinajstić information content (AvgIpc) is 2.98. The topological polar surface area (TPSA) is 0 Å². The molecule has 3 aliphatic heterocycles. The molecule has 0 spiro atoms. The fourth-order valence-electron chi connectivity index (χ4n) is 1.98. The van der Waals surface area contributed by atoms with Crippen LogP contribution in [0.2, 0.25) is 0 Å². The van der Waals surface area contributed by atoms with Crippen molar-refractivity contribution in [1.82, 2.24) is 0 Å². The lowest BCUT2D eigenvalue weighted by Gasteiger charge is -2.26. The van der Waals surface area contributed by atoms with Crippen LogP contribution < -0.4 is 0 Å². The van der Waals surface area contributed by atoms with Crippen molar-refractivity contribution in [2.45, 2.75) is 28.6 Å². The quantitative estimate of drug-likeness (QED) is 0.654. The summed E-state index contributed by atoms with van der Waals surface area (Å²) in [6.45, 7) is 0. The first-order valence-corrected chi connectivity index (χ1v) is 7.93. The fourth-order valence-corrected chi connectivity index (χ4v) is 5.78. The molecule has 0 amide bonds. The number of rotatable bonds is 2. The Morgan fingerprint density at radius 2 is 1.33 bits per heavy atom. The first-order chi connectivity index (χ1) is 5.93. The van der Waals surface area contributed by atoms with Gasteiger partial charge in [0.15, 0.2) is 0 Å². The Morgan fingerprint density at radius 1 is 0.667 bits per heavy atom. The molecule has 0 N–H and O–H groups in total. The molecule has 3 saturated heterocycles. The highest BCUT2D eigenvalue weighted by molar-refractivity contribution is 8.09. The van der Waals surface area contributed by atoms with Crippen LogP contribution in [0.1, 0.15) is 12.8 Å². The zero-order valence-corrected chi connectivity index (χ0v) is 9.52. The van der Waals surface area contributed by atoms with Gasteiger partial charge in [-0.1, -0.05) is 0 Å². The minimum absolute atomic E-state index is 1.04. The molecule has 3 heterocycles. The molecule has 3 rings (SSSR count). The third-order valence-corrected chi connectivity index (χ3v) is 6.94. The van der Waals surface area contributed by atoms with Crippen LogP contribution >= 0.6 is 35.3 Å². The maximum atomic E-state index is 2.28. The second-order valence-electron chi connectivity index (χ2n) is 3.95. The average molecular weight is 218 g/mol. The highest BCUT2D eigenvalue weighted by atomic mass is 32.2. The first-order valence-electron chi connectivity index (χ1n) is 4.78. The molecule has 0 aromatic heterocycles. The smallest absolute Gasteiger partial charge is 0.0257 e. The maximum absolute atomic E-state index is 2.28. The van der Waals surface area contributed by atoms with Gasteiger partial charge in [-0.3, -0.25) is 0 Å². The van der Waals surface area contributed by atoms with E-state index in [2.05, 4.69) is 35.3 Å². The second-order valence-corrected chi connectivity index (χ2v) is 7.77. The molecule has 0 radical (unpaired) electrons. The molecule has 0 saturated carbocycles. The van der Waals surface area contributed by atoms with Crippen LogP contribution in [-0.2, 0) is 0 Å². The molecule has 3 fully saturated rings. The van der Waals surface area contributed by atoms with E-state index in [1.165, 1.54) is 30.1 Å². The van der Waals surface area contributed by atoms with Crippen molar-refractivity contribution in [2.24, 2.45) is 5.92 Å². The van der Waals surface area contributed by atoms with Gasteiger partial charge in [-0.25, -0.2) is 0 Å². The van der Waals surface area contributed by atoms with Gasteiger partial charge in [0.2, 0.25) is 0 Å². The minimum atomic E-state index is 1.04. The second kappa shape index (κ2) is 3.32. The summed E-state index contributed by atoms with van der Waals surface area (Å²) in [4.78, 5) is 0. The predicted octanol–water partition coefficient (Wildman–Crippen LogP) is 2.73. The van der Waals surface area contributed by atoms with E-state index in [-0.39, 0.29) is 0 Å². The molecule has 12 heavy (non-hydrogen) atoms. The summed E-state index contributed by atoms with van der Waals surface area (Å²) in [5.41, 5.74) is 0. The van der Waals surface area contributed by atoms with E-state index in [1.807, 2.05) is 0 Å². The first kappa shape index (κ1) is 8.37. The van der Waals surface area contributed by atoms with Crippen molar-refractivity contribution in [3.63, 3.8) is 0 Å². The van der Waals surface area contributed by atoms with E-state index in [4.69, 9.17) is 0 Å². The van der Waals surface area contributed by atoms with Crippen molar-refractivity contribution in [2.75, 3.05) is 17.3 Å². The van der Waals surface area contributed by atoms with E-state index in [0.29, 0.717) is 0 Å². The summed E-state index contributed by atoms with van der Waals surface area (Å²) in [5.74, 6) is 5.48. The lowest BCUT2D eigenvalue weighted by Crippen LogP contribution is -2.24. The van der Waals surface area contributed by atoms with Crippen molar-refractivity contribution in [1.29, 1.82) is 0 Å². The number of thioether (sulfide) groups is 3. The Bertz CT molecular complexity index is 147. The maximum Gasteiger partial charge on any atom is 0.0257 e. The van der Waals surface area contributed by atoms with Crippen molar-refractivity contribution < 1.29 is 0 Å². The molecule has 3 aliphatic rings. The lowest BCUT2D eigenvalue weighted by atomic mass is 10.00. The third-order valence-electron chi connectivity index (χ3n) is 3.01. The summed E-state index contributed by atoms with van der Waals surface area (Å²) < 4.78 is 0. The molecule has 0 aliphatic carbocycles. The SMILES string of the molecule is C1CC(C2CS2)SCC1C1CS1. The summed E-state index contributed by atoms with van der Waals surface area (Å²) >= 11 is 6.63. The van der Waals surface area contributed by atoms with E-state index in [1.54, 1.807) is 0 Å². The van der Waals surface area contributed by atoms with E-state index in [0.717, 1.165) is 21.7 Å². The molecule has 3 heteroatoms. The minimum Gasteiger partial charge on any atom is -0.157 e. The number of hydrogen-bond donors (Lipinski definition) is 0. The Kier molecular flexibility index (Phi) is 2.31. The summed E-state index contributed by atoms with van der Waals surface area (Å²) in [6, 6.07) is 0. The summed E-state index contributed by atoms with van der Waals surface area (Å²) in [5, 5.41) is 3.17. The van der Waals surface area contributed by atoms with Crippen LogP contribution in [0.4, 0.5) is 0 Å². The van der Waals surface area contributed by atoms with Gasteiger partial charge in [0.05, 0.1) is 0 Å². The van der Waals surface area contributed by atoms with Crippen LogP contribution in [0.15, 0.2) is 0 Å². The lowest BCUT2D eigenvalue weighted by molar-refractivity contribution is 0.511. The molecule has 0 aromatic carbocycles. The molecule has 0 nitrogen and oxygen atoms in total. The van der Waals surface area contributed by atoms with Gasteiger partial charge in [0.25, 0.3) is 0 Å². The molecule has 0 aromatic rings. The summed E-state index contributed by atoms with van der Waals surface area (Å²) in [7, 11) is 0. The Hall–Kier alpha value is 1.05. The van der Waals surface area contributed by atoms with Crippen LogP contribution in [0.3, 0.4) is 0 Å². The zero-order chi connectivity index (χ0) is 7.97. The van der Waals surface area contributed by atoms with Gasteiger partial charge in [0.1, 0.15) is 0 Å². The predicted molar refractivity (Wildman–Crippen MR) is 61.5 cm³/mol. The highest BCUT2D eigenvalue weighted by Crippen LogP contribution is 2.48. The molecule has 0 bridgehead atoms. The van der Waals surface area contributed by atoms with Gasteiger partial charge in [-0.2, -0.15) is 35.3 Å². The fraction of sp³-hybridized carbons (Fsp3) is 1.00. The third kappa shape index (κ3) is 1.78. The van der Waals surface area contributed by atoms with Crippen molar-refractivity contribution in [3.05, 3.63) is 0 Å². The van der Waals surface area contributed by atoms with Crippen LogP contribution in [-0.4, -0.2) is 33.0 Å². The molecule has 68 valence electrons. The molecule has 4 unspecified atom stereocenters. The van der Waals surface area contributed by atoms with E-state index < -0.39 is 0 Å². The Morgan fingerprint density at radius 3 is 1.83 bits per heavy atom. The highest BCUT2D eigenvalue weighted by Gasteiger charge is 2.39. The van der Waals surface area contributed by atoms with E-state index >= 15 is 0 Å². The van der Waals surface area contributed by atoms with Crippen molar-refractivity contribution in [3.8, 4) is 0 Å². The molecular weight excluding hydrogens is 204 g/mol. The van der Waals surface area contributed by atoms with Gasteiger partial charge in [-0.05, 0) is 24.5 Å². The van der Waals surface area contributed by atoms with Crippen LogP contribution in [0.5, 0.6) is 0 Å². The van der Waals surface area contributed by atoms with Gasteiger partial charge >= 0.3 is 0 Å². The van der Waals surface area contributed by atoms with Crippen molar-refractivity contribution >= 4 is 35.3 Å². The Labute approximate surface area is 87.0 Å². The molecule has 4 atom stereocenters. The molecular formula is C9H14S3. The standard InChI is InChI=1S/C9H14S3/c1-2-7(9-5-12-9)10-3-6(1)8-4-11-8/h6-9H,1-5H2. The van der Waals surface area contributed by atoms with Gasteiger partial charge in [-0.15, -0.1) is 0 Å². The van der Waals surface area contributed by atoms with E-state index in [9.17, 15) is 0 Å². The normalized spacial score (nSPS) is 52.0. The Balaban J connectivity index is 1.51. The van der Waals surface area contributed by atoms with Crippen LogP contribution in [0.25, 0.3) is 0 Å². The van der Waals surface area contributed by atoms with Gasteiger partial charge < -0.3 is 0 Å². The zero-order valence-electron chi connectivity index (χ0n) is 7.07. The van der Waals surface area contributed by atoms with Gasteiger partial charge in [0, 0.05) is 27.3 Å². The van der Waals surface area contributed by atoms with Crippen LogP contribution in [0, 0.1) is 5.92 Å². The summed E-state index contributed by atoms with van der Waals surface area (Å²) in [6.07, 6.45) is 3.05. The largest absolute Gasteiger partial charge is 0.157 e. The number of hydrogen-bond acceptors (Lipinski definition) is 3. The monoisotopic (exact) mass is 218 g/mol.